The predicted octanol–water partition coefficient (Wildman–Crippen LogP) is 2.81. The Morgan fingerprint density at radius 3 is 2.82 bits per heavy atom. The Labute approximate surface area is 137 Å². The van der Waals surface area contributed by atoms with Crippen molar-refractivity contribution in [2.75, 3.05) is 5.32 Å². The zero-order valence-corrected chi connectivity index (χ0v) is 14.1. The van der Waals surface area contributed by atoms with E-state index in [1.54, 1.807) is 0 Å². The smallest absolute Gasteiger partial charge is 0.310 e. The molecule has 3 fully saturated rings. The second kappa shape index (κ2) is 4.82. The molecule has 1 saturated heterocycles. The van der Waals surface area contributed by atoms with Gasteiger partial charge < -0.3 is 10.1 Å². The number of hydrogen-bond donors (Lipinski definition) is 1. The van der Waals surface area contributed by atoms with Gasteiger partial charge in [-0.2, -0.15) is 0 Å². The monoisotopic (exact) mass is 363 g/mol. The molecule has 2 bridgehead atoms. The topological polar surface area (TPSA) is 55.4 Å². The highest BCUT2D eigenvalue weighted by Crippen LogP contribution is 2.60. The maximum absolute atomic E-state index is 12.8. The number of esters is 1. The van der Waals surface area contributed by atoms with Crippen molar-refractivity contribution >= 4 is 33.5 Å². The van der Waals surface area contributed by atoms with Crippen LogP contribution in [0.1, 0.15) is 17.5 Å². The molecule has 4 nitrogen and oxygen atoms in total. The van der Waals surface area contributed by atoms with Crippen molar-refractivity contribution in [3.63, 3.8) is 0 Å². The number of benzene rings is 1. The summed E-state index contributed by atoms with van der Waals surface area (Å²) in [5.41, 5.74) is 3.03. The summed E-state index contributed by atoms with van der Waals surface area (Å²) in [6, 6.07) is 5.96. The summed E-state index contributed by atoms with van der Waals surface area (Å²) in [7, 11) is 0. The normalized spacial score (nSPS) is 38.2. The molecule has 0 aromatic heterocycles. The standard InChI is InChI=1S/C17H18BrNO3/c1-7-3-4-11(8(2)5-7)19-16(20)12-9-6-10-13(12)17(21)22-15(10)14(9)18/h3-5,9-10,12-15H,6H2,1-2H3,(H,19,20). The molecule has 1 amide bonds. The highest BCUT2D eigenvalue weighted by molar-refractivity contribution is 9.09. The van der Waals surface area contributed by atoms with Crippen LogP contribution in [0.15, 0.2) is 18.2 Å². The molecule has 4 rings (SSSR count). The van der Waals surface area contributed by atoms with Crippen molar-refractivity contribution in [2.45, 2.75) is 31.2 Å². The van der Waals surface area contributed by atoms with E-state index in [1.165, 1.54) is 0 Å². The lowest BCUT2D eigenvalue weighted by Gasteiger charge is -2.27. The molecule has 3 aliphatic rings. The molecule has 0 radical (unpaired) electrons. The van der Waals surface area contributed by atoms with Gasteiger partial charge in [0.05, 0.1) is 16.7 Å². The summed E-state index contributed by atoms with van der Waals surface area (Å²) in [6.45, 7) is 4.01. The van der Waals surface area contributed by atoms with Crippen LogP contribution in [-0.4, -0.2) is 22.8 Å². The molecule has 2 saturated carbocycles. The molecule has 6 atom stereocenters. The summed E-state index contributed by atoms with van der Waals surface area (Å²) in [5.74, 6) is -0.378. The fourth-order valence-corrected chi connectivity index (χ4v) is 5.54. The Morgan fingerprint density at radius 1 is 1.32 bits per heavy atom. The molecule has 1 aliphatic heterocycles. The van der Waals surface area contributed by atoms with Gasteiger partial charge in [0, 0.05) is 11.6 Å². The molecule has 0 spiro atoms. The zero-order chi connectivity index (χ0) is 15.6. The first-order valence-electron chi connectivity index (χ1n) is 7.70. The van der Waals surface area contributed by atoms with Gasteiger partial charge in [0.2, 0.25) is 5.91 Å². The minimum absolute atomic E-state index is 0.0346. The summed E-state index contributed by atoms with van der Waals surface area (Å²) in [6.07, 6.45) is 0.870. The second-order valence-corrected chi connectivity index (χ2v) is 7.83. The third-order valence-corrected chi connectivity index (χ3v) is 6.67. The first kappa shape index (κ1) is 14.2. The second-order valence-electron chi connectivity index (χ2n) is 6.77. The van der Waals surface area contributed by atoms with Crippen LogP contribution >= 0.6 is 15.9 Å². The Morgan fingerprint density at radius 2 is 2.09 bits per heavy atom. The van der Waals surface area contributed by atoms with Crippen LogP contribution in [0.2, 0.25) is 0 Å². The molecule has 116 valence electrons. The molecule has 1 aromatic rings. The quantitative estimate of drug-likeness (QED) is 0.649. The van der Waals surface area contributed by atoms with Gasteiger partial charge in [0.15, 0.2) is 0 Å². The molecule has 22 heavy (non-hydrogen) atoms. The molecular formula is C17H18BrNO3. The summed E-state index contributed by atoms with van der Waals surface area (Å²) < 4.78 is 5.46. The number of amides is 1. The fraction of sp³-hybridized carbons (Fsp3) is 0.529. The maximum Gasteiger partial charge on any atom is 0.310 e. The fourth-order valence-electron chi connectivity index (χ4n) is 4.50. The molecule has 5 heteroatoms. The van der Waals surface area contributed by atoms with Gasteiger partial charge >= 0.3 is 5.97 Å². The number of fused-ring (bicyclic) bond motifs is 1. The van der Waals surface area contributed by atoms with E-state index in [0.29, 0.717) is 0 Å². The van der Waals surface area contributed by atoms with Crippen LogP contribution < -0.4 is 5.32 Å². The average molecular weight is 364 g/mol. The summed E-state index contributed by atoms with van der Waals surface area (Å²) in [4.78, 5) is 25.0. The molecular weight excluding hydrogens is 346 g/mol. The highest BCUT2D eigenvalue weighted by Gasteiger charge is 2.67. The van der Waals surface area contributed by atoms with Crippen LogP contribution in [0.3, 0.4) is 0 Å². The first-order valence-corrected chi connectivity index (χ1v) is 8.61. The number of halogens is 1. The van der Waals surface area contributed by atoms with Crippen LogP contribution in [0.5, 0.6) is 0 Å². The van der Waals surface area contributed by atoms with Crippen molar-refractivity contribution < 1.29 is 14.3 Å². The number of alkyl halides is 1. The number of aryl methyl sites for hydroxylation is 2. The minimum Gasteiger partial charge on any atom is -0.461 e. The van der Waals surface area contributed by atoms with E-state index in [1.807, 2.05) is 32.0 Å². The number of nitrogens with one attached hydrogen (secondary N) is 1. The zero-order valence-electron chi connectivity index (χ0n) is 12.5. The van der Waals surface area contributed by atoms with E-state index in [4.69, 9.17) is 4.74 Å². The molecule has 6 unspecified atom stereocenters. The van der Waals surface area contributed by atoms with Crippen molar-refractivity contribution in [1.82, 2.24) is 0 Å². The van der Waals surface area contributed by atoms with Gasteiger partial charge in [0.1, 0.15) is 6.10 Å². The van der Waals surface area contributed by atoms with Crippen molar-refractivity contribution in [3.8, 4) is 0 Å². The Bertz CT molecular complexity index is 674. The molecule has 2 aliphatic carbocycles. The third kappa shape index (κ3) is 1.87. The minimum atomic E-state index is -0.277. The third-order valence-electron chi connectivity index (χ3n) is 5.47. The molecule has 1 aromatic carbocycles. The van der Waals surface area contributed by atoms with Gasteiger partial charge in [-0.05, 0) is 37.8 Å². The average Bonchev–Trinajstić information content (AvgIpc) is 3.06. The van der Waals surface area contributed by atoms with Crippen molar-refractivity contribution in [2.24, 2.45) is 23.7 Å². The van der Waals surface area contributed by atoms with Crippen LogP contribution in [0.25, 0.3) is 0 Å². The molecule has 1 heterocycles. The van der Waals surface area contributed by atoms with E-state index in [-0.39, 0.29) is 46.5 Å². The Balaban J connectivity index is 1.59. The largest absolute Gasteiger partial charge is 0.461 e. The lowest BCUT2D eigenvalue weighted by molar-refractivity contribution is -0.145. The van der Waals surface area contributed by atoms with Gasteiger partial charge in [0.25, 0.3) is 0 Å². The van der Waals surface area contributed by atoms with E-state index < -0.39 is 0 Å². The van der Waals surface area contributed by atoms with Gasteiger partial charge in [-0.3, -0.25) is 9.59 Å². The van der Waals surface area contributed by atoms with Gasteiger partial charge in [-0.1, -0.05) is 33.6 Å². The van der Waals surface area contributed by atoms with E-state index in [2.05, 4.69) is 21.2 Å². The number of anilines is 1. The lowest BCUT2D eigenvalue weighted by Crippen LogP contribution is -2.40. The van der Waals surface area contributed by atoms with Crippen LogP contribution in [-0.2, 0) is 14.3 Å². The Kier molecular flexibility index (Phi) is 3.12. The van der Waals surface area contributed by atoms with Crippen LogP contribution in [0, 0.1) is 37.5 Å². The highest BCUT2D eigenvalue weighted by atomic mass is 79.9. The number of carbonyl (C=O) groups excluding carboxylic acids is 2. The van der Waals surface area contributed by atoms with Crippen LogP contribution in [0.4, 0.5) is 5.69 Å². The van der Waals surface area contributed by atoms with E-state index >= 15 is 0 Å². The van der Waals surface area contributed by atoms with Gasteiger partial charge in [-0.25, -0.2) is 0 Å². The maximum atomic E-state index is 12.8. The van der Waals surface area contributed by atoms with E-state index in [0.717, 1.165) is 23.2 Å². The summed E-state index contributed by atoms with van der Waals surface area (Å²) >= 11 is 3.64. The SMILES string of the molecule is Cc1ccc(NC(=O)C2C3CC4C(OC(=O)C42)C3Br)c(C)c1. The van der Waals surface area contributed by atoms with Crippen molar-refractivity contribution in [1.29, 1.82) is 0 Å². The van der Waals surface area contributed by atoms with Crippen molar-refractivity contribution in [3.05, 3.63) is 29.3 Å². The molecule has 1 N–H and O–H groups in total. The lowest BCUT2D eigenvalue weighted by atomic mass is 9.79. The number of hydrogen-bond acceptors (Lipinski definition) is 3. The van der Waals surface area contributed by atoms with E-state index in [9.17, 15) is 9.59 Å². The first-order chi connectivity index (χ1) is 10.5. The number of rotatable bonds is 2. The Hall–Kier alpha value is -1.36. The summed E-state index contributed by atoms with van der Waals surface area (Å²) in [5, 5.41) is 3.02. The number of carbonyl (C=O) groups is 2. The van der Waals surface area contributed by atoms with Gasteiger partial charge in [-0.15, -0.1) is 0 Å². The predicted molar refractivity (Wildman–Crippen MR) is 85.7 cm³/mol. The number of ether oxygens (including phenoxy) is 1.